The molecule has 0 saturated carbocycles. The van der Waals surface area contributed by atoms with Gasteiger partial charge in [0.05, 0.1) is 25.7 Å². The van der Waals surface area contributed by atoms with Crippen LogP contribution in [-0.2, 0) is 28.7 Å². The van der Waals surface area contributed by atoms with Crippen LogP contribution in [0.5, 0.6) is 0 Å². The summed E-state index contributed by atoms with van der Waals surface area (Å²) in [5.74, 6) is -1.68. The number of carbonyl (C=O) groups is 3. The molecule has 0 radical (unpaired) electrons. The molecule has 0 aliphatic carbocycles. The summed E-state index contributed by atoms with van der Waals surface area (Å²) in [6, 6.07) is 0. The Morgan fingerprint density at radius 1 is 1.27 bits per heavy atom. The van der Waals surface area contributed by atoms with E-state index in [0.29, 0.717) is 18.1 Å². The molecule has 1 unspecified atom stereocenters. The first-order valence-corrected chi connectivity index (χ1v) is 7.70. The molecule has 1 fully saturated rings. The van der Waals surface area contributed by atoms with E-state index in [9.17, 15) is 14.4 Å². The van der Waals surface area contributed by atoms with Gasteiger partial charge in [0.2, 0.25) is 0 Å². The van der Waals surface area contributed by atoms with Gasteiger partial charge in [-0.1, -0.05) is 0 Å². The second kappa shape index (κ2) is 8.50. The molecule has 1 rings (SSSR count). The zero-order chi connectivity index (χ0) is 16.8. The molecule has 1 atom stereocenters. The van der Waals surface area contributed by atoms with Crippen LogP contribution >= 0.6 is 12.6 Å². The van der Waals surface area contributed by atoms with Gasteiger partial charge in [-0.3, -0.25) is 9.59 Å². The first-order valence-electron chi connectivity index (χ1n) is 7.26. The van der Waals surface area contributed by atoms with Gasteiger partial charge in [0.1, 0.15) is 4.93 Å². The van der Waals surface area contributed by atoms with Crippen molar-refractivity contribution in [1.82, 2.24) is 5.06 Å². The predicted octanol–water partition coefficient (Wildman–Crippen LogP) is 1.46. The molecule has 0 aromatic rings. The highest BCUT2D eigenvalue weighted by molar-refractivity contribution is 7.81. The fourth-order valence-corrected chi connectivity index (χ4v) is 1.90. The highest BCUT2D eigenvalue weighted by atomic mass is 32.1. The Kier molecular flexibility index (Phi) is 7.31. The largest absolute Gasteiger partial charge is 0.379 e. The normalized spacial score (nSPS) is 18.0. The monoisotopic (exact) mass is 333 g/mol. The van der Waals surface area contributed by atoms with E-state index in [1.54, 1.807) is 6.92 Å². The molecule has 126 valence electrons. The number of imide groups is 1. The van der Waals surface area contributed by atoms with E-state index in [1.807, 2.05) is 13.8 Å². The third-order valence-electron chi connectivity index (χ3n) is 2.94. The van der Waals surface area contributed by atoms with Crippen molar-refractivity contribution in [2.75, 3.05) is 13.2 Å². The van der Waals surface area contributed by atoms with Crippen LogP contribution in [-0.4, -0.2) is 47.1 Å². The quantitative estimate of drug-likeness (QED) is 0.391. The average Bonchev–Trinajstić information content (AvgIpc) is 2.69. The number of hydroxylamine groups is 2. The minimum atomic E-state index is -0.728. The molecule has 8 heteroatoms. The van der Waals surface area contributed by atoms with Crippen molar-refractivity contribution in [2.24, 2.45) is 0 Å². The zero-order valence-corrected chi connectivity index (χ0v) is 14.1. The van der Waals surface area contributed by atoms with Crippen molar-refractivity contribution in [3.63, 3.8) is 0 Å². The van der Waals surface area contributed by atoms with Gasteiger partial charge < -0.3 is 14.3 Å². The van der Waals surface area contributed by atoms with Crippen LogP contribution in [0.4, 0.5) is 0 Å². The van der Waals surface area contributed by atoms with Crippen LogP contribution in [0.3, 0.4) is 0 Å². The maximum Gasteiger partial charge on any atom is 0.335 e. The highest BCUT2D eigenvalue weighted by Gasteiger charge is 2.32. The van der Waals surface area contributed by atoms with E-state index < -0.39 is 22.7 Å². The Bertz CT molecular complexity index is 408. The summed E-state index contributed by atoms with van der Waals surface area (Å²) in [6.07, 6.45) is 0.778. The summed E-state index contributed by atoms with van der Waals surface area (Å²) in [7, 11) is 0. The van der Waals surface area contributed by atoms with Crippen molar-refractivity contribution in [3.8, 4) is 0 Å². The van der Waals surface area contributed by atoms with Gasteiger partial charge in [0.15, 0.2) is 0 Å². The standard InChI is InChI=1S/C14H23NO6S/c1-10(2)19-9-7-14(3,22)20-8-6-13(18)21-15-11(16)4-5-12(15)17/h10,22H,4-9H2,1-3H3. The molecule has 0 spiro atoms. The van der Waals surface area contributed by atoms with E-state index in [4.69, 9.17) is 14.3 Å². The van der Waals surface area contributed by atoms with Crippen LogP contribution in [0.1, 0.15) is 46.5 Å². The van der Waals surface area contributed by atoms with Crippen molar-refractivity contribution in [2.45, 2.75) is 57.5 Å². The van der Waals surface area contributed by atoms with Gasteiger partial charge in [-0.25, -0.2) is 4.79 Å². The Balaban J connectivity index is 2.23. The lowest BCUT2D eigenvalue weighted by molar-refractivity contribution is -0.198. The van der Waals surface area contributed by atoms with Crippen LogP contribution < -0.4 is 0 Å². The number of hydrogen-bond acceptors (Lipinski definition) is 7. The zero-order valence-electron chi connectivity index (χ0n) is 13.2. The second-order valence-corrected chi connectivity index (χ2v) is 6.43. The molecular weight excluding hydrogens is 310 g/mol. The lowest BCUT2D eigenvalue weighted by Crippen LogP contribution is -2.33. The summed E-state index contributed by atoms with van der Waals surface area (Å²) in [5, 5.41) is 0.526. The van der Waals surface area contributed by atoms with E-state index in [0.717, 1.165) is 0 Å². The van der Waals surface area contributed by atoms with E-state index in [1.165, 1.54) is 0 Å². The Hall–Kier alpha value is -1.12. The third kappa shape index (κ3) is 6.76. The molecule has 2 amide bonds. The molecular formula is C14H23NO6S. The van der Waals surface area contributed by atoms with Gasteiger partial charge in [-0.2, -0.15) is 0 Å². The Morgan fingerprint density at radius 2 is 1.86 bits per heavy atom. The van der Waals surface area contributed by atoms with Crippen molar-refractivity contribution in [1.29, 1.82) is 0 Å². The Labute approximate surface area is 135 Å². The van der Waals surface area contributed by atoms with E-state index in [2.05, 4.69) is 12.6 Å². The van der Waals surface area contributed by atoms with E-state index >= 15 is 0 Å². The molecule has 0 aromatic carbocycles. The molecule has 0 aromatic heterocycles. The first-order chi connectivity index (χ1) is 10.2. The first kappa shape index (κ1) is 18.9. The lowest BCUT2D eigenvalue weighted by atomic mass is 10.3. The summed E-state index contributed by atoms with van der Waals surface area (Å²) < 4.78 is 10.9. The fraction of sp³-hybridized carbons (Fsp3) is 0.786. The summed E-state index contributed by atoms with van der Waals surface area (Å²) in [5.41, 5.74) is 0. The van der Waals surface area contributed by atoms with E-state index in [-0.39, 0.29) is 32.0 Å². The number of carbonyl (C=O) groups excluding carboxylic acids is 3. The molecule has 1 heterocycles. The van der Waals surface area contributed by atoms with Crippen LogP contribution in [0.25, 0.3) is 0 Å². The van der Waals surface area contributed by atoms with Crippen molar-refractivity contribution >= 4 is 30.4 Å². The number of hydrogen-bond donors (Lipinski definition) is 1. The molecule has 0 N–H and O–H groups in total. The topological polar surface area (TPSA) is 82.1 Å². The van der Waals surface area contributed by atoms with Crippen molar-refractivity contribution in [3.05, 3.63) is 0 Å². The third-order valence-corrected chi connectivity index (χ3v) is 3.29. The summed E-state index contributed by atoms with van der Waals surface area (Å²) >= 11 is 4.36. The number of rotatable bonds is 9. The number of nitrogens with zero attached hydrogens (tertiary/aromatic N) is 1. The molecule has 22 heavy (non-hydrogen) atoms. The summed E-state index contributed by atoms with van der Waals surface area (Å²) in [6.45, 7) is 6.23. The molecule has 7 nitrogen and oxygen atoms in total. The number of thiol groups is 1. The number of amides is 2. The smallest absolute Gasteiger partial charge is 0.335 e. The minimum Gasteiger partial charge on any atom is -0.379 e. The van der Waals surface area contributed by atoms with Crippen LogP contribution in [0.2, 0.25) is 0 Å². The van der Waals surface area contributed by atoms with Crippen LogP contribution in [0.15, 0.2) is 0 Å². The highest BCUT2D eigenvalue weighted by Crippen LogP contribution is 2.21. The van der Waals surface area contributed by atoms with Gasteiger partial charge in [-0.05, 0) is 20.8 Å². The minimum absolute atomic E-state index is 0.0712. The van der Waals surface area contributed by atoms with Crippen molar-refractivity contribution < 1.29 is 28.7 Å². The van der Waals surface area contributed by atoms with Gasteiger partial charge in [-0.15, -0.1) is 17.7 Å². The lowest BCUT2D eigenvalue weighted by Gasteiger charge is -2.24. The van der Waals surface area contributed by atoms with Gasteiger partial charge in [0.25, 0.3) is 11.8 Å². The molecule has 1 aliphatic rings. The number of ether oxygens (including phenoxy) is 2. The van der Waals surface area contributed by atoms with Gasteiger partial charge in [0, 0.05) is 19.3 Å². The molecule has 1 aliphatic heterocycles. The maximum atomic E-state index is 11.6. The average molecular weight is 333 g/mol. The molecule has 1 saturated heterocycles. The predicted molar refractivity (Wildman–Crippen MR) is 80.8 cm³/mol. The molecule has 0 bridgehead atoms. The fourth-order valence-electron chi connectivity index (χ4n) is 1.72. The van der Waals surface area contributed by atoms with Gasteiger partial charge >= 0.3 is 5.97 Å². The summed E-state index contributed by atoms with van der Waals surface area (Å²) in [4.78, 5) is 38.2. The maximum absolute atomic E-state index is 11.6. The SMILES string of the molecule is CC(C)OCCC(C)(S)OCCC(=O)ON1C(=O)CCC1=O. The Morgan fingerprint density at radius 3 is 2.41 bits per heavy atom. The second-order valence-electron chi connectivity index (χ2n) is 5.49. The van der Waals surface area contributed by atoms with Crippen LogP contribution in [0, 0.1) is 0 Å².